The first-order valence-electron chi connectivity index (χ1n) is 8.35. The first-order valence-corrected chi connectivity index (χ1v) is 8.35. The second kappa shape index (κ2) is 4.99. The van der Waals surface area contributed by atoms with Gasteiger partial charge in [-0.05, 0) is 44.9 Å². The van der Waals surface area contributed by atoms with E-state index in [1.807, 2.05) is 13.0 Å². The Kier molecular flexibility index (Phi) is 3.23. The molecule has 0 spiro atoms. The normalized spacial score (nSPS) is 27.3. The molecule has 0 saturated carbocycles. The summed E-state index contributed by atoms with van der Waals surface area (Å²) < 4.78 is 20.9. The van der Waals surface area contributed by atoms with Crippen LogP contribution in [0.2, 0.25) is 0 Å². The molecule has 1 N–H and O–H groups in total. The molecule has 0 bridgehead atoms. The first-order chi connectivity index (χ1) is 11.3. The second-order valence-corrected chi connectivity index (χ2v) is 7.63. The van der Waals surface area contributed by atoms with Crippen LogP contribution in [0.1, 0.15) is 38.4 Å². The van der Waals surface area contributed by atoms with E-state index in [4.69, 9.17) is 4.74 Å². The quantitative estimate of drug-likeness (QED) is 0.864. The number of hydrogen-bond donors (Lipinski definition) is 1. The number of anilines is 1. The lowest BCUT2D eigenvalue weighted by atomic mass is 9.67. The highest BCUT2D eigenvalue weighted by Gasteiger charge is 2.53. The maximum Gasteiger partial charge on any atom is 0.134 e. The number of aromatic nitrogens is 2. The Morgan fingerprint density at radius 1 is 1.21 bits per heavy atom. The Bertz CT molecular complexity index is 820. The van der Waals surface area contributed by atoms with Crippen LogP contribution in [0.5, 0.6) is 0 Å². The van der Waals surface area contributed by atoms with Crippen molar-refractivity contribution in [2.24, 2.45) is 0 Å². The number of nitrogens with zero attached hydrogens (tertiary/aromatic N) is 2. The van der Waals surface area contributed by atoms with Crippen LogP contribution in [0.25, 0.3) is 11.3 Å². The fourth-order valence-electron chi connectivity index (χ4n) is 4.40. The minimum Gasteiger partial charge on any atom is -0.377 e. The van der Waals surface area contributed by atoms with E-state index in [1.54, 1.807) is 18.5 Å². The van der Waals surface area contributed by atoms with Crippen LogP contribution in [0.4, 0.5) is 10.1 Å². The molecule has 2 aliphatic heterocycles. The average Bonchev–Trinajstić information content (AvgIpc) is 2.92. The summed E-state index contributed by atoms with van der Waals surface area (Å²) in [6.07, 6.45) is 4.21. The van der Waals surface area contributed by atoms with Crippen molar-refractivity contribution in [2.45, 2.75) is 51.2 Å². The molecule has 126 valence electrons. The molecular weight excluding hydrogens is 305 g/mol. The van der Waals surface area contributed by atoms with Crippen molar-refractivity contribution >= 4 is 5.69 Å². The van der Waals surface area contributed by atoms with E-state index in [0.717, 1.165) is 30.0 Å². The number of benzene rings is 1. The molecule has 2 unspecified atom stereocenters. The molecule has 4 nitrogen and oxygen atoms in total. The molecule has 3 heterocycles. The van der Waals surface area contributed by atoms with Gasteiger partial charge in [0.1, 0.15) is 5.82 Å². The topological polar surface area (TPSA) is 47.0 Å². The van der Waals surface area contributed by atoms with Crippen molar-refractivity contribution in [3.8, 4) is 11.3 Å². The maximum atomic E-state index is 14.8. The Labute approximate surface area is 141 Å². The van der Waals surface area contributed by atoms with E-state index in [9.17, 15) is 4.39 Å². The van der Waals surface area contributed by atoms with Crippen molar-refractivity contribution in [3.05, 3.63) is 41.6 Å². The largest absolute Gasteiger partial charge is 0.377 e. The third kappa shape index (κ3) is 2.07. The molecular formula is C19H22FN3O. The fraction of sp³-hybridized carbons (Fsp3) is 0.474. The first kappa shape index (κ1) is 15.5. The number of hydrogen-bond acceptors (Lipinski definition) is 4. The van der Waals surface area contributed by atoms with Crippen LogP contribution in [0.15, 0.2) is 24.5 Å². The lowest BCUT2D eigenvalue weighted by Crippen LogP contribution is -2.56. The van der Waals surface area contributed by atoms with Gasteiger partial charge in [0.15, 0.2) is 0 Å². The van der Waals surface area contributed by atoms with Gasteiger partial charge in [-0.15, -0.1) is 0 Å². The Morgan fingerprint density at radius 3 is 2.71 bits per heavy atom. The second-order valence-electron chi connectivity index (χ2n) is 7.63. The molecule has 2 atom stereocenters. The Hall–Kier alpha value is -2.01. The maximum absolute atomic E-state index is 14.8. The van der Waals surface area contributed by atoms with Crippen molar-refractivity contribution in [2.75, 3.05) is 11.9 Å². The van der Waals surface area contributed by atoms with Crippen molar-refractivity contribution < 1.29 is 9.13 Å². The van der Waals surface area contributed by atoms with Crippen LogP contribution in [0, 0.1) is 12.7 Å². The van der Waals surface area contributed by atoms with Gasteiger partial charge in [0.2, 0.25) is 0 Å². The van der Waals surface area contributed by atoms with E-state index < -0.39 is 0 Å². The predicted octanol–water partition coefficient (Wildman–Crippen LogP) is 3.84. The monoisotopic (exact) mass is 327 g/mol. The molecule has 0 aliphatic carbocycles. The number of fused-ring (bicyclic) bond motifs is 3. The number of halogens is 1. The highest BCUT2D eigenvalue weighted by molar-refractivity contribution is 5.71. The molecule has 0 radical (unpaired) electrons. The Morgan fingerprint density at radius 2 is 1.96 bits per heavy atom. The summed E-state index contributed by atoms with van der Waals surface area (Å²) in [5.41, 5.74) is 3.41. The predicted molar refractivity (Wildman–Crippen MR) is 91.6 cm³/mol. The molecule has 1 aromatic carbocycles. The summed E-state index contributed by atoms with van der Waals surface area (Å²) in [5, 5.41) is 3.47. The summed E-state index contributed by atoms with van der Waals surface area (Å²) in [5.74, 6) is -0.276. The van der Waals surface area contributed by atoms with Gasteiger partial charge in [0, 0.05) is 35.7 Å². The molecule has 0 amide bonds. The highest BCUT2D eigenvalue weighted by atomic mass is 19.1. The van der Waals surface area contributed by atoms with Crippen LogP contribution in [-0.2, 0) is 10.2 Å². The van der Waals surface area contributed by atoms with Crippen molar-refractivity contribution in [3.63, 3.8) is 0 Å². The zero-order valence-corrected chi connectivity index (χ0v) is 14.5. The smallest absolute Gasteiger partial charge is 0.134 e. The third-order valence-electron chi connectivity index (χ3n) is 5.46. The van der Waals surface area contributed by atoms with E-state index in [1.165, 1.54) is 0 Å². The van der Waals surface area contributed by atoms with Gasteiger partial charge in [0.05, 0.1) is 23.0 Å². The number of nitrogens with one attached hydrogen (secondary N) is 1. The SMILES string of the molecule is Cc1nccnc1-c1cc2c(cc1F)NC(C)(C)C1OCCC21C. The molecule has 24 heavy (non-hydrogen) atoms. The van der Waals surface area contributed by atoms with Crippen LogP contribution in [0.3, 0.4) is 0 Å². The summed E-state index contributed by atoms with van der Waals surface area (Å²) >= 11 is 0. The molecule has 1 aromatic heterocycles. The van der Waals surface area contributed by atoms with E-state index in [-0.39, 0.29) is 22.9 Å². The van der Waals surface area contributed by atoms with E-state index in [0.29, 0.717) is 11.3 Å². The molecule has 5 heteroatoms. The van der Waals surface area contributed by atoms with Crippen LogP contribution < -0.4 is 5.32 Å². The van der Waals surface area contributed by atoms with Gasteiger partial charge in [0.25, 0.3) is 0 Å². The minimum absolute atomic E-state index is 0.0544. The van der Waals surface area contributed by atoms with Crippen molar-refractivity contribution in [1.29, 1.82) is 0 Å². The number of rotatable bonds is 1. The molecule has 1 saturated heterocycles. The lowest BCUT2D eigenvalue weighted by molar-refractivity contribution is 0.0352. The summed E-state index contributed by atoms with van der Waals surface area (Å²) in [7, 11) is 0. The standard InChI is InChI=1S/C19H22FN3O/c1-11-16(22-7-6-21-11)12-9-13-15(10-14(12)20)23-18(2,3)17-19(13,4)5-8-24-17/h6-7,9-10,17,23H,5,8H2,1-4H3. The summed E-state index contributed by atoms with van der Waals surface area (Å²) in [6, 6.07) is 3.53. The van der Waals surface area contributed by atoms with Crippen LogP contribution in [-0.4, -0.2) is 28.2 Å². The van der Waals surface area contributed by atoms with E-state index in [2.05, 4.69) is 36.1 Å². The molecule has 4 rings (SSSR count). The minimum atomic E-state index is -0.276. The zero-order chi connectivity index (χ0) is 17.1. The van der Waals surface area contributed by atoms with Gasteiger partial charge in [-0.3, -0.25) is 9.97 Å². The number of ether oxygens (including phenoxy) is 1. The van der Waals surface area contributed by atoms with Crippen LogP contribution >= 0.6 is 0 Å². The Balaban J connectivity index is 1.94. The van der Waals surface area contributed by atoms with Gasteiger partial charge in [-0.1, -0.05) is 6.92 Å². The zero-order valence-electron chi connectivity index (χ0n) is 14.5. The van der Waals surface area contributed by atoms with Gasteiger partial charge >= 0.3 is 0 Å². The number of aryl methyl sites for hydroxylation is 1. The van der Waals surface area contributed by atoms with E-state index >= 15 is 0 Å². The highest BCUT2D eigenvalue weighted by Crippen LogP contribution is 2.51. The van der Waals surface area contributed by atoms with Gasteiger partial charge in [-0.25, -0.2) is 4.39 Å². The molecule has 2 aromatic rings. The summed E-state index contributed by atoms with van der Waals surface area (Å²) in [6.45, 7) is 9.03. The molecule has 2 aliphatic rings. The fourth-order valence-corrected chi connectivity index (χ4v) is 4.40. The average molecular weight is 327 g/mol. The molecule has 1 fully saturated rings. The third-order valence-corrected chi connectivity index (χ3v) is 5.46. The van der Waals surface area contributed by atoms with Crippen molar-refractivity contribution in [1.82, 2.24) is 9.97 Å². The van der Waals surface area contributed by atoms with Gasteiger partial charge < -0.3 is 10.1 Å². The van der Waals surface area contributed by atoms with Gasteiger partial charge in [-0.2, -0.15) is 0 Å². The lowest BCUT2D eigenvalue weighted by Gasteiger charge is -2.48. The summed E-state index contributed by atoms with van der Waals surface area (Å²) in [4.78, 5) is 8.59.